The molecule has 2 aromatic rings. The predicted octanol–water partition coefficient (Wildman–Crippen LogP) is 6.81. The lowest BCUT2D eigenvalue weighted by molar-refractivity contribution is 0.212. The Bertz CT molecular complexity index is 881. The number of rotatable bonds is 17. The summed E-state index contributed by atoms with van der Waals surface area (Å²) in [5, 5.41) is 7.71. The molecule has 0 aliphatic heterocycles. The first-order valence-corrected chi connectivity index (χ1v) is 12.2. The molecule has 7 heteroatoms. The van der Waals surface area contributed by atoms with Crippen LogP contribution in [-0.2, 0) is 4.84 Å². The lowest BCUT2D eigenvalue weighted by Gasteiger charge is -2.14. The average Bonchev–Trinajstić information content (AvgIpc) is 3.28. The summed E-state index contributed by atoms with van der Waals surface area (Å²) in [7, 11) is 1.50. The maximum Gasteiger partial charge on any atom is 0.254 e. The van der Waals surface area contributed by atoms with Gasteiger partial charge >= 0.3 is 0 Å². The number of aromatic nitrogens is 1. The van der Waals surface area contributed by atoms with Crippen LogP contribution < -0.4 is 14.2 Å². The van der Waals surface area contributed by atoms with Crippen LogP contribution in [-0.4, -0.2) is 37.8 Å². The fraction of sp³-hybridized carbons (Fsp3) is 0.556. The van der Waals surface area contributed by atoms with E-state index in [1.165, 1.54) is 32.8 Å². The zero-order chi connectivity index (χ0) is 24.6. The molecule has 0 atom stereocenters. The van der Waals surface area contributed by atoms with Gasteiger partial charge in [-0.3, -0.25) is 0 Å². The van der Waals surface area contributed by atoms with Crippen LogP contribution in [0.15, 0.2) is 40.0 Å². The van der Waals surface area contributed by atoms with E-state index < -0.39 is 0 Å². The predicted molar refractivity (Wildman–Crippen MR) is 135 cm³/mol. The Morgan fingerprint density at radius 2 is 1.53 bits per heavy atom. The van der Waals surface area contributed by atoms with E-state index in [2.05, 4.69) is 24.2 Å². The second-order valence-electron chi connectivity index (χ2n) is 8.33. The van der Waals surface area contributed by atoms with Gasteiger partial charge in [0.05, 0.1) is 19.3 Å². The van der Waals surface area contributed by atoms with Crippen LogP contribution in [0.3, 0.4) is 0 Å². The van der Waals surface area contributed by atoms with Crippen molar-refractivity contribution >= 4 is 5.71 Å². The van der Waals surface area contributed by atoms with Crippen molar-refractivity contribution in [2.45, 2.75) is 72.6 Å². The highest BCUT2D eigenvalue weighted by molar-refractivity contribution is 5.95. The van der Waals surface area contributed by atoms with E-state index in [0.717, 1.165) is 48.5 Å². The Balaban J connectivity index is 1.50. The number of oxime groups is 1. The first-order chi connectivity index (χ1) is 16.5. The third kappa shape index (κ3) is 9.89. The fourth-order valence-electron chi connectivity index (χ4n) is 3.58. The molecule has 7 nitrogen and oxygen atoms in total. The highest BCUT2D eigenvalue weighted by Gasteiger charge is 2.09. The molecule has 0 fully saturated rings. The number of ether oxygens (including phenoxy) is 3. The van der Waals surface area contributed by atoms with E-state index in [9.17, 15) is 0 Å². The van der Waals surface area contributed by atoms with Gasteiger partial charge in [-0.05, 0) is 69.0 Å². The molecule has 2 rings (SSSR count). The molecule has 0 aliphatic carbocycles. The van der Waals surface area contributed by atoms with Crippen molar-refractivity contribution in [1.29, 1.82) is 0 Å². The molecule has 1 aromatic carbocycles. The smallest absolute Gasteiger partial charge is 0.254 e. The number of hydrogen-bond acceptors (Lipinski definition) is 7. The molecule has 0 radical (unpaired) electrons. The fourth-order valence-corrected chi connectivity index (χ4v) is 3.58. The summed E-state index contributed by atoms with van der Waals surface area (Å²) in [5.41, 5.74) is 2.87. The zero-order valence-corrected chi connectivity index (χ0v) is 21.4. The van der Waals surface area contributed by atoms with Gasteiger partial charge in [0, 0.05) is 0 Å². The quantitative estimate of drug-likeness (QED) is 0.109. The first kappa shape index (κ1) is 27.3. The normalized spacial score (nSPS) is 11.7. The molecule has 0 spiro atoms. The lowest BCUT2D eigenvalue weighted by Crippen LogP contribution is -2.02. The van der Waals surface area contributed by atoms with Crippen molar-refractivity contribution in [3.63, 3.8) is 0 Å². The van der Waals surface area contributed by atoms with Crippen molar-refractivity contribution in [3.05, 3.63) is 47.2 Å². The van der Waals surface area contributed by atoms with E-state index >= 15 is 0 Å². The Morgan fingerprint density at radius 3 is 2.15 bits per heavy atom. The standard InChI is InChI=1S/C27H40N2O5/c1-6-7-15-31-24-18-21(2)27(22(3)19-24)33-17-14-12-10-8-9-11-13-16-32-26-20-25(34-29-26)23(4)28-30-5/h6-7,18-20H,8-17H2,1-5H3/b7-6+,28-23?. The van der Waals surface area contributed by atoms with Crippen LogP contribution in [0.5, 0.6) is 17.4 Å². The zero-order valence-electron chi connectivity index (χ0n) is 21.4. The van der Waals surface area contributed by atoms with E-state index in [1.54, 1.807) is 13.0 Å². The summed E-state index contributed by atoms with van der Waals surface area (Å²) in [6.07, 6.45) is 12.1. The van der Waals surface area contributed by atoms with Crippen molar-refractivity contribution < 1.29 is 23.6 Å². The van der Waals surface area contributed by atoms with E-state index in [-0.39, 0.29) is 0 Å². The molecule has 0 saturated carbocycles. The monoisotopic (exact) mass is 472 g/mol. The van der Waals surface area contributed by atoms with Crippen molar-refractivity contribution in [1.82, 2.24) is 5.16 Å². The minimum atomic E-state index is 0.488. The van der Waals surface area contributed by atoms with Gasteiger partial charge in [-0.15, -0.1) is 0 Å². The number of allylic oxidation sites excluding steroid dienone is 1. The molecule has 0 bridgehead atoms. The Morgan fingerprint density at radius 1 is 0.912 bits per heavy atom. The third-order valence-electron chi connectivity index (χ3n) is 5.37. The van der Waals surface area contributed by atoms with Gasteiger partial charge in [-0.25, -0.2) is 0 Å². The second-order valence-corrected chi connectivity index (χ2v) is 8.33. The molecule has 34 heavy (non-hydrogen) atoms. The average molecular weight is 473 g/mol. The molecule has 0 N–H and O–H groups in total. The van der Waals surface area contributed by atoms with Gasteiger partial charge in [-0.1, -0.05) is 49.4 Å². The molecule has 1 heterocycles. The summed E-state index contributed by atoms with van der Waals surface area (Å²) in [5.74, 6) is 2.92. The minimum Gasteiger partial charge on any atom is -0.493 e. The summed E-state index contributed by atoms with van der Waals surface area (Å²) in [6.45, 7) is 9.92. The van der Waals surface area contributed by atoms with Crippen LogP contribution in [0.2, 0.25) is 0 Å². The third-order valence-corrected chi connectivity index (χ3v) is 5.37. The van der Waals surface area contributed by atoms with Crippen LogP contribution >= 0.6 is 0 Å². The molecule has 0 unspecified atom stereocenters. The molecule has 0 saturated heterocycles. The van der Waals surface area contributed by atoms with Crippen LogP contribution in [0.4, 0.5) is 0 Å². The topological polar surface area (TPSA) is 75.3 Å². The lowest BCUT2D eigenvalue weighted by atomic mass is 10.1. The van der Waals surface area contributed by atoms with E-state index in [1.807, 2.05) is 31.2 Å². The van der Waals surface area contributed by atoms with Gasteiger partial charge in [-0.2, -0.15) is 0 Å². The molecule has 1 aromatic heterocycles. The summed E-state index contributed by atoms with van der Waals surface area (Å²) in [4.78, 5) is 4.73. The van der Waals surface area contributed by atoms with E-state index in [4.69, 9.17) is 23.6 Å². The number of unbranched alkanes of at least 4 members (excludes halogenated alkanes) is 6. The van der Waals surface area contributed by atoms with Crippen LogP contribution in [0, 0.1) is 13.8 Å². The Kier molecular flexibility index (Phi) is 12.7. The maximum absolute atomic E-state index is 6.07. The highest BCUT2D eigenvalue weighted by Crippen LogP contribution is 2.28. The maximum atomic E-state index is 6.07. The summed E-state index contributed by atoms with van der Waals surface area (Å²) >= 11 is 0. The van der Waals surface area contributed by atoms with Gasteiger partial charge in [0.25, 0.3) is 5.88 Å². The largest absolute Gasteiger partial charge is 0.493 e. The van der Waals surface area contributed by atoms with Gasteiger partial charge in [0.15, 0.2) is 5.76 Å². The van der Waals surface area contributed by atoms with Gasteiger partial charge in [0.2, 0.25) is 0 Å². The Labute approximate surface area is 204 Å². The van der Waals surface area contributed by atoms with Crippen molar-refractivity contribution in [3.8, 4) is 17.4 Å². The van der Waals surface area contributed by atoms with Crippen LogP contribution in [0.25, 0.3) is 0 Å². The number of nitrogens with zero attached hydrogens (tertiary/aromatic N) is 2. The molecule has 0 amide bonds. The number of hydrogen-bond donors (Lipinski definition) is 0. The molecule has 0 aliphatic rings. The SMILES string of the molecule is C/C=C/COc1cc(C)c(OCCCCCCCCCOc2cc(C(C)=NOC)on2)c(C)c1. The highest BCUT2D eigenvalue weighted by atomic mass is 16.6. The summed E-state index contributed by atoms with van der Waals surface area (Å²) < 4.78 is 22.6. The second kappa shape index (κ2) is 15.8. The molecular formula is C27H40N2O5. The Hall–Kier alpha value is -2.96. The van der Waals surface area contributed by atoms with Gasteiger partial charge in [0.1, 0.15) is 30.9 Å². The number of benzene rings is 1. The first-order valence-electron chi connectivity index (χ1n) is 12.2. The molecular weight excluding hydrogens is 432 g/mol. The molecule has 188 valence electrons. The van der Waals surface area contributed by atoms with Crippen molar-refractivity contribution in [2.24, 2.45) is 5.16 Å². The van der Waals surface area contributed by atoms with Gasteiger partial charge < -0.3 is 23.6 Å². The summed E-state index contributed by atoms with van der Waals surface area (Å²) in [6, 6.07) is 5.83. The van der Waals surface area contributed by atoms with E-state index in [0.29, 0.717) is 30.6 Å². The van der Waals surface area contributed by atoms with Crippen LogP contribution in [0.1, 0.15) is 75.7 Å². The number of aryl methyl sites for hydroxylation is 2. The van der Waals surface area contributed by atoms with Crippen molar-refractivity contribution in [2.75, 3.05) is 26.9 Å². The minimum absolute atomic E-state index is 0.488.